The van der Waals surface area contributed by atoms with Gasteiger partial charge >= 0.3 is 0 Å². The molecular weight excluding hydrogens is 354 g/mol. The third kappa shape index (κ3) is 4.04. The van der Waals surface area contributed by atoms with Crippen LogP contribution in [0.2, 0.25) is 0 Å². The number of amides is 1. The first kappa shape index (κ1) is 20.0. The molecule has 0 spiro atoms. The molecule has 0 fully saturated rings. The number of rotatable bonds is 7. The lowest BCUT2D eigenvalue weighted by atomic mass is 9.95. The predicted molar refractivity (Wildman–Crippen MR) is 109 cm³/mol. The van der Waals surface area contributed by atoms with Crippen molar-refractivity contribution >= 4 is 11.5 Å². The Morgan fingerprint density at radius 1 is 1.18 bits per heavy atom. The summed E-state index contributed by atoms with van der Waals surface area (Å²) in [4.78, 5) is 12.5. The number of aryl methyl sites for hydroxylation is 1. The fourth-order valence-electron chi connectivity index (χ4n) is 3.71. The Morgan fingerprint density at radius 3 is 2.50 bits per heavy atom. The van der Waals surface area contributed by atoms with Gasteiger partial charge in [0.2, 0.25) is 5.91 Å². The van der Waals surface area contributed by atoms with Crippen LogP contribution in [0.3, 0.4) is 0 Å². The molecule has 1 atom stereocenters. The molecule has 1 amide bonds. The molecule has 2 N–H and O–H groups in total. The van der Waals surface area contributed by atoms with Crippen LogP contribution in [0.4, 0.5) is 0 Å². The molecule has 148 valence electrons. The van der Waals surface area contributed by atoms with Crippen molar-refractivity contribution in [1.29, 1.82) is 0 Å². The van der Waals surface area contributed by atoms with E-state index in [1.165, 1.54) is 0 Å². The average molecular weight is 381 g/mol. The van der Waals surface area contributed by atoms with Gasteiger partial charge in [-0.05, 0) is 53.7 Å². The van der Waals surface area contributed by atoms with Crippen LogP contribution in [0.25, 0.3) is 5.57 Å². The zero-order chi connectivity index (χ0) is 20.1. The van der Waals surface area contributed by atoms with Gasteiger partial charge in [-0.1, -0.05) is 37.3 Å². The molecule has 3 rings (SSSR count). The number of benzene rings is 2. The maximum absolute atomic E-state index is 12.5. The Labute approximate surface area is 166 Å². The van der Waals surface area contributed by atoms with Crippen molar-refractivity contribution in [3.8, 4) is 11.5 Å². The standard InChI is InChI=1S/C23H27NO4/c1-4-16(17-8-6-5-7-9-17)13-22(25)24-15-23(26)11-10-18-12-20(27-2)21(28-3)14-19(18)23/h5-9,12-14,26H,4,10-11,15H2,1-3H3,(H,24,25)/b16-13+. The normalized spacial score (nSPS) is 18.5. The third-order valence-corrected chi connectivity index (χ3v) is 5.30. The fraction of sp³-hybridized carbons (Fsp3) is 0.348. The van der Waals surface area contributed by atoms with Gasteiger partial charge in [0.05, 0.1) is 20.8 Å². The molecule has 28 heavy (non-hydrogen) atoms. The maximum Gasteiger partial charge on any atom is 0.244 e. The highest BCUT2D eigenvalue weighted by molar-refractivity contribution is 5.95. The molecule has 0 radical (unpaired) electrons. The van der Waals surface area contributed by atoms with E-state index in [9.17, 15) is 9.90 Å². The van der Waals surface area contributed by atoms with Crippen molar-refractivity contribution in [3.63, 3.8) is 0 Å². The number of hydrogen-bond acceptors (Lipinski definition) is 4. The molecule has 0 saturated carbocycles. The number of methoxy groups -OCH3 is 2. The summed E-state index contributed by atoms with van der Waals surface area (Å²) < 4.78 is 10.7. The van der Waals surface area contributed by atoms with E-state index in [2.05, 4.69) is 5.32 Å². The lowest BCUT2D eigenvalue weighted by Crippen LogP contribution is -2.38. The van der Waals surface area contributed by atoms with Gasteiger partial charge < -0.3 is 19.9 Å². The van der Waals surface area contributed by atoms with Crippen LogP contribution >= 0.6 is 0 Å². The van der Waals surface area contributed by atoms with E-state index in [0.29, 0.717) is 17.9 Å². The van der Waals surface area contributed by atoms with Gasteiger partial charge in [0, 0.05) is 6.08 Å². The molecule has 0 bridgehead atoms. The minimum atomic E-state index is -1.11. The van der Waals surface area contributed by atoms with Crippen molar-refractivity contribution in [1.82, 2.24) is 5.32 Å². The number of nitrogens with one attached hydrogen (secondary N) is 1. The molecule has 0 saturated heterocycles. The molecule has 0 heterocycles. The van der Waals surface area contributed by atoms with Crippen LogP contribution in [0.5, 0.6) is 11.5 Å². The second-order valence-electron chi connectivity index (χ2n) is 7.00. The summed E-state index contributed by atoms with van der Waals surface area (Å²) in [5.74, 6) is 1.01. The lowest BCUT2D eigenvalue weighted by Gasteiger charge is -2.25. The van der Waals surface area contributed by atoms with Crippen LogP contribution < -0.4 is 14.8 Å². The van der Waals surface area contributed by atoms with Crippen LogP contribution in [0, 0.1) is 0 Å². The first-order valence-corrected chi connectivity index (χ1v) is 9.52. The monoisotopic (exact) mass is 381 g/mol. The largest absolute Gasteiger partial charge is 0.493 e. The second-order valence-corrected chi connectivity index (χ2v) is 7.00. The highest BCUT2D eigenvalue weighted by Crippen LogP contribution is 2.42. The summed E-state index contributed by atoms with van der Waals surface area (Å²) in [5, 5.41) is 14.0. The first-order chi connectivity index (χ1) is 13.5. The minimum absolute atomic E-state index is 0.149. The van der Waals surface area contributed by atoms with E-state index in [-0.39, 0.29) is 12.5 Å². The maximum atomic E-state index is 12.5. The summed E-state index contributed by atoms with van der Waals surface area (Å²) in [7, 11) is 3.16. The summed E-state index contributed by atoms with van der Waals surface area (Å²) in [6.07, 6.45) is 3.63. The number of carbonyl (C=O) groups is 1. The van der Waals surface area contributed by atoms with E-state index in [1.807, 2.05) is 49.4 Å². The SMILES string of the molecule is CC/C(=C\C(=O)NCC1(O)CCc2cc(OC)c(OC)cc21)c1ccccc1. The highest BCUT2D eigenvalue weighted by atomic mass is 16.5. The Morgan fingerprint density at radius 2 is 1.86 bits per heavy atom. The predicted octanol–water partition coefficient (Wildman–Crippen LogP) is 3.45. The zero-order valence-electron chi connectivity index (χ0n) is 16.6. The van der Waals surface area contributed by atoms with Crippen molar-refractivity contribution in [2.45, 2.75) is 31.8 Å². The van der Waals surface area contributed by atoms with Gasteiger partial charge in [-0.15, -0.1) is 0 Å². The summed E-state index contributed by atoms with van der Waals surface area (Å²) in [6, 6.07) is 13.6. The van der Waals surface area contributed by atoms with E-state index in [4.69, 9.17) is 9.47 Å². The Bertz CT molecular complexity index is 876. The zero-order valence-corrected chi connectivity index (χ0v) is 16.6. The molecule has 0 aromatic heterocycles. The smallest absolute Gasteiger partial charge is 0.244 e. The van der Waals surface area contributed by atoms with Gasteiger partial charge in [0.15, 0.2) is 11.5 Å². The lowest BCUT2D eigenvalue weighted by molar-refractivity contribution is -0.117. The van der Waals surface area contributed by atoms with Crippen molar-refractivity contribution in [2.75, 3.05) is 20.8 Å². The minimum Gasteiger partial charge on any atom is -0.493 e. The van der Waals surface area contributed by atoms with Gasteiger partial charge in [-0.3, -0.25) is 4.79 Å². The summed E-state index contributed by atoms with van der Waals surface area (Å²) in [5.41, 5.74) is 2.68. The second kappa shape index (κ2) is 8.48. The average Bonchev–Trinajstić information content (AvgIpc) is 3.06. The Hall–Kier alpha value is -2.79. The number of ether oxygens (including phenoxy) is 2. The van der Waals surface area contributed by atoms with Gasteiger partial charge in [0.1, 0.15) is 5.60 Å². The fourth-order valence-corrected chi connectivity index (χ4v) is 3.71. The third-order valence-electron chi connectivity index (χ3n) is 5.30. The van der Waals surface area contributed by atoms with Crippen LogP contribution in [0.1, 0.15) is 36.5 Å². The highest BCUT2D eigenvalue weighted by Gasteiger charge is 2.38. The summed E-state index contributed by atoms with van der Waals surface area (Å²) in [6.45, 7) is 2.17. The molecule has 0 aliphatic heterocycles. The van der Waals surface area contributed by atoms with E-state index < -0.39 is 5.60 Å². The van der Waals surface area contributed by atoms with Gasteiger partial charge in [-0.2, -0.15) is 0 Å². The van der Waals surface area contributed by atoms with Crippen LogP contribution in [-0.2, 0) is 16.8 Å². The number of hydrogen-bond donors (Lipinski definition) is 2. The molecule has 5 nitrogen and oxygen atoms in total. The number of allylic oxidation sites excluding steroid dienone is 1. The topological polar surface area (TPSA) is 67.8 Å². The molecule has 1 aliphatic carbocycles. The number of fused-ring (bicyclic) bond motifs is 1. The molecule has 1 aliphatic rings. The Balaban J connectivity index is 1.75. The number of carbonyl (C=O) groups excluding carboxylic acids is 1. The van der Waals surface area contributed by atoms with Crippen molar-refractivity contribution < 1.29 is 19.4 Å². The van der Waals surface area contributed by atoms with Crippen LogP contribution in [0.15, 0.2) is 48.5 Å². The van der Waals surface area contributed by atoms with E-state index in [0.717, 1.165) is 35.1 Å². The summed E-state index contributed by atoms with van der Waals surface area (Å²) >= 11 is 0. The van der Waals surface area contributed by atoms with Gasteiger partial charge in [0.25, 0.3) is 0 Å². The Kier molecular flexibility index (Phi) is 6.05. The van der Waals surface area contributed by atoms with Gasteiger partial charge in [-0.25, -0.2) is 0 Å². The van der Waals surface area contributed by atoms with Crippen molar-refractivity contribution in [2.24, 2.45) is 0 Å². The molecule has 5 heteroatoms. The quantitative estimate of drug-likeness (QED) is 0.721. The van der Waals surface area contributed by atoms with Crippen molar-refractivity contribution in [3.05, 3.63) is 65.2 Å². The molecular formula is C23H27NO4. The van der Waals surface area contributed by atoms with Crippen LogP contribution in [-0.4, -0.2) is 31.8 Å². The first-order valence-electron chi connectivity index (χ1n) is 9.52. The van der Waals surface area contributed by atoms with E-state index in [1.54, 1.807) is 20.3 Å². The molecule has 2 aromatic rings. The van der Waals surface area contributed by atoms with E-state index >= 15 is 0 Å². The molecule has 2 aromatic carbocycles. The number of aliphatic hydroxyl groups is 1. The molecule has 1 unspecified atom stereocenters.